The molecule has 1 rings (SSSR count). The van der Waals surface area contributed by atoms with E-state index in [4.69, 9.17) is 4.42 Å². The molecule has 1 aromatic rings. The molecule has 0 saturated carbocycles. The zero-order valence-electron chi connectivity index (χ0n) is 11.4. The number of aliphatic hydroxyl groups is 1. The number of rotatable bonds is 7. The van der Waals surface area contributed by atoms with Gasteiger partial charge in [0.2, 0.25) is 5.78 Å². The molecule has 2 atom stereocenters. The highest BCUT2D eigenvalue weighted by Crippen LogP contribution is 2.20. The molecular formula is C15H22O3. The molecule has 0 spiro atoms. The Kier molecular flexibility index (Phi) is 4.91. The van der Waals surface area contributed by atoms with Gasteiger partial charge in [-0.05, 0) is 44.7 Å². The van der Waals surface area contributed by atoms with Crippen molar-refractivity contribution in [2.75, 3.05) is 0 Å². The largest absolute Gasteiger partial charge is 0.461 e. The Bertz CT molecular complexity index is 415. The lowest BCUT2D eigenvalue weighted by molar-refractivity contribution is 0.0850. The Balaban J connectivity index is 2.44. The number of carbonyl (C=O) groups excluding carboxylic acids is 1. The number of carbonyl (C=O) groups is 1. The van der Waals surface area contributed by atoms with Gasteiger partial charge in [0, 0.05) is 5.92 Å². The van der Waals surface area contributed by atoms with E-state index in [9.17, 15) is 9.90 Å². The molecule has 1 N–H and O–H groups in total. The summed E-state index contributed by atoms with van der Waals surface area (Å²) in [5, 5.41) is 9.77. The van der Waals surface area contributed by atoms with Crippen molar-refractivity contribution in [2.45, 2.75) is 45.6 Å². The van der Waals surface area contributed by atoms with Crippen LogP contribution in [0.5, 0.6) is 0 Å². The predicted molar refractivity (Wildman–Crippen MR) is 71.6 cm³/mol. The van der Waals surface area contributed by atoms with E-state index in [1.165, 1.54) is 6.08 Å². The van der Waals surface area contributed by atoms with E-state index in [0.717, 1.165) is 18.4 Å². The minimum atomic E-state index is -0.843. The maximum atomic E-state index is 12.0. The fraction of sp³-hybridized carbons (Fsp3) is 0.533. The number of ketones is 1. The highest BCUT2D eigenvalue weighted by atomic mass is 16.3. The molecule has 100 valence electrons. The van der Waals surface area contributed by atoms with E-state index in [2.05, 4.69) is 6.58 Å². The molecule has 1 aromatic heterocycles. The summed E-state index contributed by atoms with van der Waals surface area (Å²) in [5.74, 6) is 0.369. The summed E-state index contributed by atoms with van der Waals surface area (Å²) in [4.78, 5) is 12.0. The van der Waals surface area contributed by atoms with Crippen LogP contribution in [0.25, 0.3) is 0 Å². The van der Waals surface area contributed by atoms with Crippen molar-refractivity contribution in [1.29, 1.82) is 0 Å². The maximum Gasteiger partial charge on any atom is 0.200 e. The smallest absolute Gasteiger partial charge is 0.200 e. The van der Waals surface area contributed by atoms with Crippen LogP contribution in [-0.2, 0) is 0 Å². The van der Waals surface area contributed by atoms with Gasteiger partial charge in [0.25, 0.3) is 0 Å². The predicted octanol–water partition coefficient (Wildman–Crippen LogP) is 3.51. The fourth-order valence-corrected chi connectivity index (χ4v) is 1.80. The zero-order chi connectivity index (χ0) is 13.8. The molecule has 0 amide bonds. The Morgan fingerprint density at radius 3 is 2.83 bits per heavy atom. The van der Waals surface area contributed by atoms with Crippen LogP contribution in [0.1, 0.15) is 49.2 Å². The van der Waals surface area contributed by atoms with Gasteiger partial charge in [0.1, 0.15) is 0 Å². The van der Waals surface area contributed by atoms with Gasteiger partial charge in [-0.15, -0.1) is 6.58 Å². The van der Waals surface area contributed by atoms with Crippen molar-refractivity contribution >= 4 is 5.78 Å². The lowest BCUT2D eigenvalue weighted by atomic mass is 9.93. The Labute approximate surface area is 109 Å². The molecule has 0 bridgehead atoms. The summed E-state index contributed by atoms with van der Waals surface area (Å²) in [6.45, 7) is 9.09. The fourth-order valence-electron chi connectivity index (χ4n) is 1.80. The second-order valence-electron chi connectivity index (χ2n) is 5.21. The van der Waals surface area contributed by atoms with Gasteiger partial charge in [-0.3, -0.25) is 4.79 Å². The molecule has 0 aliphatic rings. The monoisotopic (exact) mass is 250 g/mol. The van der Waals surface area contributed by atoms with E-state index in [0.29, 0.717) is 12.2 Å². The van der Waals surface area contributed by atoms with Gasteiger partial charge in [-0.2, -0.15) is 0 Å². The molecule has 0 unspecified atom stereocenters. The van der Waals surface area contributed by atoms with Crippen molar-refractivity contribution in [3.8, 4) is 0 Å². The van der Waals surface area contributed by atoms with E-state index < -0.39 is 5.60 Å². The lowest BCUT2D eigenvalue weighted by Gasteiger charge is -2.18. The number of hydrogen-bond donors (Lipinski definition) is 1. The standard InChI is InChI=1S/C15H22O3/c1-5-15(4,17)8-6-7-12(3)14(16)13-9-11(2)10-18-13/h5,9-10,12,17H,1,6-8H2,2-4H3/t12-,15+/m0/s1. The molecule has 0 saturated heterocycles. The number of aryl methyl sites for hydroxylation is 1. The van der Waals surface area contributed by atoms with Crippen molar-refractivity contribution in [1.82, 2.24) is 0 Å². The highest BCUT2D eigenvalue weighted by Gasteiger charge is 2.20. The third-order valence-corrected chi connectivity index (χ3v) is 3.18. The summed E-state index contributed by atoms with van der Waals surface area (Å²) in [7, 11) is 0. The van der Waals surface area contributed by atoms with Gasteiger partial charge in [0.05, 0.1) is 11.9 Å². The van der Waals surface area contributed by atoms with Gasteiger partial charge in [-0.1, -0.05) is 13.0 Å². The zero-order valence-corrected chi connectivity index (χ0v) is 11.4. The first-order valence-electron chi connectivity index (χ1n) is 6.31. The summed E-state index contributed by atoms with van der Waals surface area (Å²) < 4.78 is 5.20. The van der Waals surface area contributed by atoms with Crippen LogP contribution in [0.2, 0.25) is 0 Å². The summed E-state index contributed by atoms with van der Waals surface area (Å²) >= 11 is 0. The Morgan fingerprint density at radius 2 is 2.33 bits per heavy atom. The SMILES string of the molecule is C=C[C@@](C)(O)CCC[C@H](C)C(=O)c1cc(C)co1. The third-order valence-electron chi connectivity index (χ3n) is 3.18. The summed E-state index contributed by atoms with van der Waals surface area (Å²) in [6, 6.07) is 1.76. The second kappa shape index (κ2) is 6.01. The normalized spacial score (nSPS) is 16.0. The number of hydrogen-bond acceptors (Lipinski definition) is 3. The van der Waals surface area contributed by atoms with Crippen LogP contribution in [0.4, 0.5) is 0 Å². The van der Waals surface area contributed by atoms with Gasteiger partial charge in [0.15, 0.2) is 5.76 Å². The number of Topliss-reactive ketones (excluding diaryl/α,β-unsaturated/α-hetero) is 1. The quantitative estimate of drug-likeness (QED) is 0.595. The minimum absolute atomic E-state index is 0.0290. The van der Waals surface area contributed by atoms with E-state index in [1.807, 2.05) is 13.8 Å². The molecule has 3 heteroatoms. The van der Waals surface area contributed by atoms with Crippen molar-refractivity contribution in [3.05, 3.63) is 36.3 Å². The average Bonchev–Trinajstić information content (AvgIpc) is 2.74. The van der Waals surface area contributed by atoms with Crippen molar-refractivity contribution in [3.63, 3.8) is 0 Å². The molecule has 0 aromatic carbocycles. The first kappa shape index (κ1) is 14.7. The van der Waals surface area contributed by atoms with Crippen LogP contribution < -0.4 is 0 Å². The van der Waals surface area contributed by atoms with Gasteiger partial charge >= 0.3 is 0 Å². The minimum Gasteiger partial charge on any atom is -0.461 e. The molecule has 3 nitrogen and oxygen atoms in total. The molecule has 0 fully saturated rings. The second-order valence-corrected chi connectivity index (χ2v) is 5.21. The van der Waals surface area contributed by atoms with Gasteiger partial charge < -0.3 is 9.52 Å². The molecule has 0 aliphatic carbocycles. The Morgan fingerprint density at radius 1 is 1.67 bits per heavy atom. The highest BCUT2D eigenvalue weighted by molar-refractivity contribution is 5.95. The Hall–Kier alpha value is -1.35. The van der Waals surface area contributed by atoms with E-state index >= 15 is 0 Å². The molecule has 0 aliphatic heterocycles. The van der Waals surface area contributed by atoms with Crippen LogP contribution >= 0.6 is 0 Å². The summed E-state index contributed by atoms with van der Waals surface area (Å²) in [6.07, 6.45) is 5.26. The number of furan rings is 1. The van der Waals surface area contributed by atoms with Crippen LogP contribution in [-0.4, -0.2) is 16.5 Å². The summed E-state index contributed by atoms with van der Waals surface area (Å²) in [5.41, 5.74) is 0.115. The molecule has 18 heavy (non-hydrogen) atoms. The van der Waals surface area contributed by atoms with Crippen molar-refractivity contribution in [2.24, 2.45) is 5.92 Å². The third kappa shape index (κ3) is 4.15. The first-order valence-corrected chi connectivity index (χ1v) is 6.31. The van der Waals surface area contributed by atoms with E-state index in [-0.39, 0.29) is 11.7 Å². The lowest BCUT2D eigenvalue weighted by Crippen LogP contribution is -2.20. The van der Waals surface area contributed by atoms with Crippen molar-refractivity contribution < 1.29 is 14.3 Å². The maximum absolute atomic E-state index is 12.0. The first-order chi connectivity index (χ1) is 8.35. The average molecular weight is 250 g/mol. The molecule has 0 radical (unpaired) electrons. The molecule has 1 heterocycles. The topological polar surface area (TPSA) is 50.4 Å². The van der Waals surface area contributed by atoms with Gasteiger partial charge in [-0.25, -0.2) is 0 Å². The van der Waals surface area contributed by atoms with Crippen LogP contribution in [0, 0.1) is 12.8 Å². The van der Waals surface area contributed by atoms with Crippen LogP contribution in [0.3, 0.4) is 0 Å². The molecular weight excluding hydrogens is 228 g/mol. The van der Waals surface area contributed by atoms with Crippen LogP contribution in [0.15, 0.2) is 29.4 Å². The van der Waals surface area contributed by atoms with E-state index in [1.54, 1.807) is 19.3 Å².